The Morgan fingerprint density at radius 3 is 1.49 bits per heavy atom. The van der Waals surface area contributed by atoms with E-state index in [1.165, 1.54) is 17.2 Å². The first-order valence-corrected chi connectivity index (χ1v) is 20.0. The Morgan fingerprint density at radius 2 is 0.966 bits per heavy atom. The van der Waals surface area contributed by atoms with Gasteiger partial charge >= 0.3 is 6.18 Å². The van der Waals surface area contributed by atoms with E-state index < -0.39 is 11.7 Å². The summed E-state index contributed by atoms with van der Waals surface area (Å²) >= 11 is 0. The average Bonchev–Trinajstić information content (AvgIpc) is 3.71. The van der Waals surface area contributed by atoms with Gasteiger partial charge in [-0.1, -0.05) is 114 Å². The molecule has 0 saturated carbocycles. The van der Waals surface area contributed by atoms with Crippen LogP contribution >= 0.6 is 0 Å². The fourth-order valence-electron chi connectivity index (χ4n) is 8.68. The van der Waals surface area contributed by atoms with Crippen molar-refractivity contribution >= 4 is 49.3 Å². The Kier molecular flexibility index (Phi) is 8.68. The number of aromatic nitrogens is 2. The average molecular weight is 780 g/mol. The van der Waals surface area contributed by atoms with Gasteiger partial charge in [-0.3, -0.25) is 0 Å². The largest absolute Gasteiger partial charge is 0.416 e. The van der Waals surface area contributed by atoms with E-state index in [2.05, 4.69) is 147 Å². The van der Waals surface area contributed by atoms with Gasteiger partial charge in [0.05, 0.1) is 45.6 Å². The highest BCUT2D eigenvalue weighted by molar-refractivity contribution is 6.12. The maximum Gasteiger partial charge on any atom is 0.416 e. The second-order valence-corrected chi connectivity index (χ2v) is 17.7. The van der Waals surface area contributed by atoms with Crippen LogP contribution < -0.4 is 0 Å². The number of hydrogen-bond acceptors (Lipinski definition) is 0. The molecule has 0 aliphatic rings. The minimum Gasteiger partial charge on any atom is -0.309 e. The fourth-order valence-corrected chi connectivity index (χ4v) is 8.68. The molecule has 9 rings (SSSR count). The van der Waals surface area contributed by atoms with Crippen LogP contribution in [0.2, 0.25) is 0 Å². The van der Waals surface area contributed by atoms with Crippen LogP contribution in [0.15, 0.2) is 140 Å². The van der Waals surface area contributed by atoms with Crippen molar-refractivity contribution in [3.05, 3.63) is 173 Å². The quantitative estimate of drug-likeness (QED) is 0.158. The van der Waals surface area contributed by atoms with Gasteiger partial charge < -0.3 is 9.13 Å². The predicted molar refractivity (Wildman–Crippen MR) is 239 cm³/mol. The zero-order valence-electron chi connectivity index (χ0n) is 34.3. The van der Waals surface area contributed by atoms with Crippen molar-refractivity contribution in [2.75, 3.05) is 0 Å². The summed E-state index contributed by atoms with van der Waals surface area (Å²) < 4.78 is 46.1. The van der Waals surface area contributed by atoms with Crippen molar-refractivity contribution in [2.24, 2.45) is 0 Å². The molecule has 0 saturated heterocycles. The molecule has 0 amide bonds. The highest BCUT2D eigenvalue weighted by Gasteiger charge is 2.31. The van der Waals surface area contributed by atoms with Gasteiger partial charge in [-0.2, -0.15) is 13.2 Å². The van der Waals surface area contributed by atoms with E-state index in [-0.39, 0.29) is 10.8 Å². The molecule has 0 aliphatic carbocycles. The summed E-state index contributed by atoms with van der Waals surface area (Å²) in [5.41, 5.74) is 11.9. The van der Waals surface area contributed by atoms with E-state index >= 15 is 0 Å². The van der Waals surface area contributed by atoms with Crippen LogP contribution in [-0.2, 0) is 17.0 Å². The molecule has 3 nitrogen and oxygen atoms in total. The summed E-state index contributed by atoms with van der Waals surface area (Å²) in [7, 11) is 0. The van der Waals surface area contributed by atoms with Crippen molar-refractivity contribution < 1.29 is 13.2 Å². The van der Waals surface area contributed by atoms with Crippen LogP contribution in [0.5, 0.6) is 0 Å². The molecule has 6 heteroatoms. The van der Waals surface area contributed by atoms with Crippen molar-refractivity contribution in [3.63, 3.8) is 0 Å². The summed E-state index contributed by atoms with van der Waals surface area (Å²) in [4.78, 5) is 3.91. The maximum atomic E-state index is 13.8. The second-order valence-electron chi connectivity index (χ2n) is 17.7. The molecule has 0 N–H and O–H groups in total. The van der Waals surface area contributed by atoms with Crippen molar-refractivity contribution in [2.45, 2.75) is 65.5 Å². The number of rotatable bonds is 4. The first-order chi connectivity index (χ1) is 28.0. The van der Waals surface area contributed by atoms with Gasteiger partial charge in [0.2, 0.25) is 0 Å². The molecule has 292 valence electrons. The standard InChI is InChI=1S/C53H44F3N3/c1-32-27-36(53(54,55)56)18-23-38(32)33-17-22-41(50(28-33)59-46-16-12-10-14-40(46)43-30-35(52(5,6)7)20-25-48(43)59)44-31-37(57-8)21-26-49(44)58-45-15-11-9-13-39(45)42-29-34(51(2,3)4)19-24-47(42)58/h9-31H,1-7H3. The molecule has 0 unspecified atom stereocenters. The van der Waals surface area contributed by atoms with Crippen LogP contribution in [-0.4, -0.2) is 9.13 Å². The van der Waals surface area contributed by atoms with Gasteiger partial charge in [0, 0.05) is 27.1 Å². The molecule has 0 spiro atoms. The van der Waals surface area contributed by atoms with E-state index in [1.807, 2.05) is 30.3 Å². The molecule has 2 heterocycles. The molecule has 2 aromatic heterocycles. The normalized spacial score (nSPS) is 12.6. The zero-order valence-corrected chi connectivity index (χ0v) is 34.3. The Hall–Kier alpha value is -6.58. The number of fused-ring (bicyclic) bond motifs is 6. The summed E-state index contributed by atoms with van der Waals surface area (Å²) in [5.74, 6) is 0. The van der Waals surface area contributed by atoms with E-state index in [0.717, 1.165) is 77.7 Å². The second kappa shape index (κ2) is 13.5. The monoisotopic (exact) mass is 779 g/mol. The molecular formula is C53H44F3N3. The number of hydrogen-bond donors (Lipinski definition) is 0. The van der Waals surface area contributed by atoms with Crippen molar-refractivity contribution in [1.82, 2.24) is 9.13 Å². The van der Waals surface area contributed by atoms with E-state index in [0.29, 0.717) is 16.8 Å². The molecule has 0 aliphatic heterocycles. The molecule has 7 aromatic carbocycles. The Morgan fingerprint density at radius 1 is 0.458 bits per heavy atom. The summed E-state index contributed by atoms with van der Waals surface area (Å²) in [6.45, 7) is 23.2. The lowest BCUT2D eigenvalue weighted by molar-refractivity contribution is -0.137. The van der Waals surface area contributed by atoms with E-state index in [9.17, 15) is 13.2 Å². The van der Waals surface area contributed by atoms with Gasteiger partial charge in [-0.05, 0) is 118 Å². The zero-order chi connectivity index (χ0) is 41.6. The lowest BCUT2D eigenvalue weighted by Gasteiger charge is -2.22. The Balaban J connectivity index is 1.39. The third kappa shape index (κ3) is 6.37. The van der Waals surface area contributed by atoms with Gasteiger partial charge in [0.1, 0.15) is 0 Å². The molecule has 0 fully saturated rings. The first-order valence-electron chi connectivity index (χ1n) is 20.0. The fraction of sp³-hybridized carbons (Fsp3) is 0.189. The number of alkyl halides is 3. The number of halogens is 3. The topological polar surface area (TPSA) is 14.2 Å². The van der Waals surface area contributed by atoms with Crippen LogP contribution in [0, 0.1) is 13.5 Å². The van der Waals surface area contributed by atoms with Gasteiger partial charge in [0.15, 0.2) is 5.69 Å². The maximum absolute atomic E-state index is 13.8. The molecule has 9 aromatic rings. The molecule has 0 radical (unpaired) electrons. The first kappa shape index (κ1) is 38.0. The van der Waals surface area contributed by atoms with Gasteiger partial charge in [-0.15, -0.1) is 0 Å². The molecule has 0 atom stereocenters. The highest BCUT2D eigenvalue weighted by Crippen LogP contribution is 2.45. The number of benzene rings is 7. The van der Waals surface area contributed by atoms with Crippen LogP contribution in [0.1, 0.15) is 63.8 Å². The van der Waals surface area contributed by atoms with Gasteiger partial charge in [-0.25, -0.2) is 4.85 Å². The third-order valence-corrected chi connectivity index (χ3v) is 11.8. The predicted octanol–water partition coefficient (Wildman–Crippen LogP) is 15.7. The number of aryl methyl sites for hydroxylation is 1. The Labute approximate surface area is 342 Å². The molecule has 0 bridgehead atoms. The highest BCUT2D eigenvalue weighted by atomic mass is 19.4. The van der Waals surface area contributed by atoms with Crippen LogP contribution in [0.3, 0.4) is 0 Å². The minimum absolute atomic E-state index is 0.0438. The van der Waals surface area contributed by atoms with Crippen LogP contribution in [0.25, 0.3) is 82.1 Å². The van der Waals surface area contributed by atoms with Crippen molar-refractivity contribution in [3.8, 4) is 33.6 Å². The van der Waals surface area contributed by atoms with Gasteiger partial charge in [0.25, 0.3) is 0 Å². The smallest absolute Gasteiger partial charge is 0.309 e. The lowest BCUT2D eigenvalue weighted by atomic mass is 9.86. The summed E-state index contributed by atoms with van der Waals surface area (Å²) in [5, 5.41) is 4.50. The lowest BCUT2D eigenvalue weighted by Crippen LogP contribution is -2.10. The Bertz CT molecular complexity index is 3190. The number of nitrogens with zero attached hydrogens (tertiary/aromatic N) is 3. The van der Waals surface area contributed by atoms with Crippen molar-refractivity contribution in [1.29, 1.82) is 0 Å². The SMILES string of the molecule is [C-]#[N+]c1ccc(-n2c3ccccc3c3cc(C(C)(C)C)ccc32)c(-c2ccc(-c3ccc(C(F)(F)F)cc3C)cc2-n2c3ccccc3c3cc(C(C)(C)C)ccc32)c1. The number of para-hydroxylation sites is 2. The van der Waals surface area contributed by atoms with E-state index in [1.54, 1.807) is 13.0 Å². The van der Waals surface area contributed by atoms with Crippen LogP contribution in [0.4, 0.5) is 18.9 Å². The minimum atomic E-state index is -4.45. The van der Waals surface area contributed by atoms with E-state index in [4.69, 9.17) is 6.57 Å². The summed E-state index contributed by atoms with van der Waals surface area (Å²) in [6, 6.07) is 46.3. The third-order valence-electron chi connectivity index (χ3n) is 11.8. The molecule has 59 heavy (non-hydrogen) atoms. The molecular weight excluding hydrogens is 736 g/mol. The summed E-state index contributed by atoms with van der Waals surface area (Å²) in [6.07, 6.45) is -4.45.